The van der Waals surface area contributed by atoms with Gasteiger partial charge in [0.25, 0.3) is 0 Å². The van der Waals surface area contributed by atoms with Gasteiger partial charge in [0.2, 0.25) is 0 Å². The summed E-state index contributed by atoms with van der Waals surface area (Å²) in [5, 5.41) is 0. The van der Waals surface area contributed by atoms with Crippen molar-refractivity contribution < 1.29 is 12.3 Å². The lowest BCUT2D eigenvalue weighted by molar-refractivity contribution is -0.148. The van der Waals surface area contributed by atoms with Gasteiger partial charge in [-0.05, 0) is 84.3 Å². The van der Waals surface area contributed by atoms with Crippen LogP contribution in [-0.4, -0.2) is 17.1 Å². The first kappa shape index (κ1) is 16.8. The summed E-state index contributed by atoms with van der Waals surface area (Å²) in [7, 11) is 0. The number of carbonyl (C=O) groups excluding carboxylic acids is 1. The molecule has 6 atom stereocenters. The quantitative estimate of drug-likeness (QED) is 0.459. The molecule has 0 saturated heterocycles. The standard InChI is InChI=1S/C26H33NO2/c1-17(28)29-20-10-12-25(2)19(15-20)6-7-21-23-9-8-22(18-5-4-14-27-16-18)26(23,3)13-11-24(21)25/h4-6,8,14,16,20-21,23-24H,7,9-13,15H2,1-3H3/t20-,21?,23?,24?,25-,26+/m0/s1/i15D2. The summed E-state index contributed by atoms with van der Waals surface area (Å²) in [5.74, 6) is 1.26. The van der Waals surface area contributed by atoms with Gasteiger partial charge in [-0.25, -0.2) is 0 Å². The molecule has 1 heterocycles. The van der Waals surface area contributed by atoms with Gasteiger partial charge in [-0.3, -0.25) is 9.78 Å². The predicted molar refractivity (Wildman–Crippen MR) is 115 cm³/mol. The zero-order valence-corrected chi connectivity index (χ0v) is 17.8. The molecule has 3 nitrogen and oxygen atoms in total. The van der Waals surface area contributed by atoms with E-state index in [0.29, 0.717) is 24.2 Å². The van der Waals surface area contributed by atoms with Gasteiger partial charge < -0.3 is 4.74 Å². The van der Waals surface area contributed by atoms with Crippen LogP contribution in [0.1, 0.15) is 74.0 Å². The number of esters is 1. The second-order valence-electron chi connectivity index (χ2n) is 9.98. The van der Waals surface area contributed by atoms with E-state index >= 15 is 0 Å². The number of pyridine rings is 1. The summed E-state index contributed by atoms with van der Waals surface area (Å²) in [6.07, 6.45) is 12.0. The molecular formula is C26H33NO2. The van der Waals surface area contributed by atoms with Gasteiger partial charge in [0.1, 0.15) is 6.10 Å². The summed E-state index contributed by atoms with van der Waals surface area (Å²) in [6, 6.07) is 4.21. The number of allylic oxidation sites excluding steroid dienone is 3. The minimum atomic E-state index is -1.58. The van der Waals surface area contributed by atoms with Gasteiger partial charge in [0, 0.05) is 28.4 Å². The molecule has 0 aromatic carbocycles. The highest BCUT2D eigenvalue weighted by Gasteiger charge is 2.56. The average Bonchev–Trinajstić information content (AvgIpc) is 3.08. The van der Waals surface area contributed by atoms with Crippen LogP contribution in [0.3, 0.4) is 0 Å². The molecule has 0 radical (unpaired) electrons. The Hall–Kier alpha value is -1.90. The number of hydrogen-bond acceptors (Lipinski definition) is 3. The van der Waals surface area contributed by atoms with E-state index < -0.39 is 12.5 Å². The van der Waals surface area contributed by atoms with Crippen LogP contribution in [0.25, 0.3) is 5.57 Å². The first-order valence-corrected chi connectivity index (χ1v) is 11.2. The van der Waals surface area contributed by atoms with Crippen molar-refractivity contribution in [3.63, 3.8) is 0 Å². The maximum Gasteiger partial charge on any atom is 0.302 e. The number of ether oxygens (including phenoxy) is 1. The number of aromatic nitrogens is 1. The van der Waals surface area contributed by atoms with E-state index in [1.54, 1.807) is 0 Å². The van der Waals surface area contributed by atoms with Crippen LogP contribution < -0.4 is 0 Å². The first-order valence-electron chi connectivity index (χ1n) is 12.2. The smallest absolute Gasteiger partial charge is 0.302 e. The lowest BCUT2D eigenvalue weighted by Crippen LogP contribution is -2.50. The number of hydrogen-bond donors (Lipinski definition) is 0. The SMILES string of the molecule is [2H]C1([2H])C2=CCC3C(CC[C@]4(C)C(c5cccnc5)=CCC34)[C@@]2(C)CC[C@@H]1OC(C)=O. The van der Waals surface area contributed by atoms with Crippen molar-refractivity contribution in [1.82, 2.24) is 4.98 Å². The third kappa shape index (κ3) is 2.92. The molecule has 1 aromatic heterocycles. The second kappa shape index (κ2) is 6.82. The van der Waals surface area contributed by atoms with Gasteiger partial charge in [0.05, 0.1) is 0 Å². The minimum Gasteiger partial charge on any atom is -0.462 e. The van der Waals surface area contributed by atoms with Crippen molar-refractivity contribution in [2.45, 2.75) is 71.8 Å². The molecule has 3 unspecified atom stereocenters. The Labute approximate surface area is 177 Å². The molecule has 2 fully saturated rings. The fraction of sp³-hybridized carbons (Fsp3) is 0.615. The highest BCUT2D eigenvalue weighted by atomic mass is 16.5. The predicted octanol–water partition coefficient (Wildman–Crippen LogP) is 5.97. The maximum absolute atomic E-state index is 11.6. The van der Waals surface area contributed by atoms with Crippen LogP contribution in [-0.2, 0) is 9.53 Å². The van der Waals surface area contributed by atoms with Crippen LogP contribution >= 0.6 is 0 Å². The van der Waals surface area contributed by atoms with Gasteiger partial charge in [-0.2, -0.15) is 0 Å². The highest BCUT2D eigenvalue weighted by Crippen LogP contribution is 2.66. The molecular weight excluding hydrogens is 358 g/mol. The van der Waals surface area contributed by atoms with Crippen molar-refractivity contribution >= 4 is 11.5 Å². The zero-order chi connectivity index (χ0) is 22.0. The van der Waals surface area contributed by atoms with Crippen molar-refractivity contribution in [2.75, 3.05) is 0 Å². The lowest BCUT2D eigenvalue weighted by atomic mass is 9.47. The minimum absolute atomic E-state index is 0.151. The fourth-order valence-electron chi connectivity index (χ4n) is 7.14. The molecule has 1 aromatic rings. The lowest BCUT2D eigenvalue weighted by Gasteiger charge is -2.57. The van der Waals surface area contributed by atoms with Gasteiger partial charge in [-0.15, -0.1) is 0 Å². The van der Waals surface area contributed by atoms with E-state index in [-0.39, 0.29) is 16.8 Å². The van der Waals surface area contributed by atoms with Gasteiger partial charge in [0.15, 0.2) is 0 Å². The Morgan fingerprint density at radius 1 is 1.17 bits per heavy atom. The van der Waals surface area contributed by atoms with E-state index in [2.05, 4.69) is 37.0 Å². The van der Waals surface area contributed by atoms with Crippen LogP contribution in [0, 0.1) is 28.6 Å². The average molecular weight is 394 g/mol. The molecule has 0 bridgehead atoms. The molecule has 3 heteroatoms. The Balaban J connectivity index is 1.46. The molecule has 4 aliphatic carbocycles. The first-order chi connectivity index (χ1) is 14.7. The summed E-state index contributed by atoms with van der Waals surface area (Å²) in [4.78, 5) is 15.9. The maximum atomic E-state index is 11.6. The van der Waals surface area contributed by atoms with E-state index in [0.717, 1.165) is 37.7 Å². The van der Waals surface area contributed by atoms with Gasteiger partial charge >= 0.3 is 5.97 Å². The second-order valence-corrected chi connectivity index (χ2v) is 9.98. The van der Waals surface area contributed by atoms with Crippen LogP contribution in [0.2, 0.25) is 0 Å². The monoisotopic (exact) mass is 393 g/mol. The van der Waals surface area contributed by atoms with Crippen LogP contribution in [0.4, 0.5) is 0 Å². The molecule has 154 valence electrons. The number of rotatable bonds is 2. The molecule has 29 heavy (non-hydrogen) atoms. The van der Waals surface area contributed by atoms with Crippen LogP contribution in [0.15, 0.2) is 42.3 Å². The Kier molecular flexibility index (Phi) is 3.96. The number of fused-ring (bicyclic) bond motifs is 5. The summed E-state index contributed by atoms with van der Waals surface area (Å²) < 4.78 is 23.1. The zero-order valence-electron chi connectivity index (χ0n) is 19.8. The molecule has 0 spiro atoms. The number of carbonyl (C=O) groups is 1. The van der Waals surface area contributed by atoms with Crippen molar-refractivity contribution in [2.24, 2.45) is 28.6 Å². The van der Waals surface area contributed by atoms with Crippen molar-refractivity contribution in [3.05, 3.63) is 47.8 Å². The van der Waals surface area contributed by atoms with Crippen molar-refractivity contribution in [3.8, 4) is 0 Å². The third-order valence-corrected chi connectivity index (χ3v) is 8.57. The molecule has 0 N–H and O–H groups in total. The summed E-state index contributed by atoms with van der Waals surface area (Å²) in [6.45, 7) is 6.10. The van der Waals surface area contributed by atoms with E-state index in [9.17, 15) is 4.79 Å². The van der Waals surface area contributed by atoms with Crippen molar-refractivity contribution in [1.29, 1.82) is 0 Å². The Morgan fingerprint density at radius 3 is 2.76 bits per heavy atom. The third-order valence-electron chi connectivity index (χ3n) is 8.57. The molecule has 5 rings (SSSR count). The van der Waals surface area contributed by atoms with E-state index in [1.165, 1.54) is 18.1 Å². The Morgan fingerprint density at radius 2 is 2.00 bits per heavy atom. The molecule has 4 aliphatic rings. The highest BCUT2D eigenvalue weighted by molar-refractivity contribution is 5.72. The molecule has 0 amide bonds. The topological polar surface area (TPSA) is 39.2 Å². The van der Waals surface area contributed by atoms with E-state index in [1.807, 2.05) is 18.5 Å². The normalized spacial score (nSPS) is 43.6. The Bertz CT molecular complexity index is 955. The largest absolute Gasteiger partial charge is 0.462 e. The fourth-order valence-corrected chi connectivity index (χ4v) is 7.14. The molecule has 0 aliphatic heterocycles. The molecule has 2 saturated carbocycles. The number of nitrogens with zero attached hydrogens (tertiary/aromatic N) is 1. The summed E-state index contributed by atoms with van der Waals surface area (Å²) >= 11 is 0. The van der Waals surface area contributed by atoms with Crippen LogP contribution in [0.5, 0.6) is 0 Å². The van der Waals surface area contributed by atoms with Gasteiger partial charge in [-0.1, -0.05) is 37.6 Å². The summed E-state index contributed by atoms with van der Waals surface area (Å²) in [5.41, 5.74) is 3.61. The van der Waals surface area contributed by atoms with E-state index in [4.69, 9.17) is 7.48 Å².